The number of ether oxygens (including phenoxy) is 2. The number of nitrogens with zero attached hydrogens (tertiary/aromatic N) is 7. The molecule has 4 aromatic heterocycles. The topological polar surface area (TPSA) is 117 Å². The second-order valence-electron chi connectivity index (χ2n) is 13.0. The molecule has 5 aromatic rings. The monoisotopic (exact) mass is 649 g/mol. The van der Waals surface area contributed by atoms with Gasteiger partial charge in [-0.1, -0.05) is 12.1 Å². The fraction of sp³-hybridized carbons (Fsp3) is 0.333. The Hall–Kier alpha value is -5.27. The second kappa shape index (κ2) is 12.2. The molecule has 1 aromatic carbocycles. The second-order valence-corrected chi connectivity index (χ2v) is 13.0. The third kappa shape index (κ3) is 7.76. The lowest BCUT2D eigenvalue weighted by Gasteiger charge is -2.26. The Morgan fingerprint density at radius 3 is 1.98 bits per heavy atom. The molecule has 11 nitrogen and oxygen atoms in total. The number of hydrogen-bond acceptors (Lipinski definition) is 8. The summed E-state index contributed by atoms with van der Waals surface area (Å²) in [7, 11) is 0. The molecule has 0 saturated heterocycles. The van der Waals surface area contributed by atoms with Gasteiger partial charge in [-0.2, -0.15) is 10.1 Å². The summed E-state index contributed by atoms with van der Waals surface area (Å²) in [5, 5.41) is 8.51. The fourth-order valence-electron chi connectivity index (χ4n) is 4.70. The van der Waals surface area contributed by atoms with E-state index in [1.807, 2.05) is 6.07 Å². The molecule has 0 fully saturated rings. The average Bonchev–Trinajstić information content (AvgIpc) is 3.59. The average molecular weight is 650 g/mol. The number of aromatic nitrogens is 6. The zero-order chi connectivity index (χ0) is 34.3. The van der Waals surface area contributed by atoms with Crippen molar-refractivity contribution in [3.63, 3.8) is 0 Å². The van der Waals surface area contributed by atoms with Gasteiger partial charge < -0.3 is 9.47 Å². The van der Waals surface area contributed by atoms with Crippen LogP contribution in [0.25, 0.3) is 27.9 Å². The molecule has 0 aliphatic carbocycles. The number of fused-ring (bicyclic) bond motifs is 1. The molecule has 0 saturated carbocycles. The third-order valence-electron chi connectivity index (χ3n) is 6.62. The van der Waals surface area contributed by atoms with E-state index in [2.05, 4.69) is 20.2 Å². The summed E-state index contributed by atoms with van der Waals surface area (Å²) in [5.74, 6) is -3.97. The summed E-state index contributed by atoms with van der Waals surface area (Å²) in [6.07, 6.45) is 5.75. The molecule has 246 valence electrons. The number of hydrogen-bond donors (Lipinski definition) is 0. The molecule has 47 heavy (non-hydrogen) atoms. The molecule has 0 radical (unpaired) electrons. The van der Waals surface area contributed by atoms with E-state index in [4.69, 9.17) is 9.47 Å². The van der Waals surface area contributed by atoms with Crippen molar-refractivity contribution in [2.24, 2.45) is 0 Å². The van der Waals surface area contributed by atoms with Crippen molar-refractivity contribution < 1.29 is 32.2 Å². The highest BCUT2D eigenvalue weighted by Gasteiger charge is 2.38. The number of amides is 2. The Balaban J connectivity index is 1.46. The molecule has 5 rings (SSSR count). The van der Waals surface area contributed by atoms with Crippen LogP contribution in [0.4, 0.5) is 28.7 Å². The van der Waals surface area contributed by atoms with E-state index in [9.17, 15) is 22.8 Å². The van der Waals surface area contributed by atoms with Crippen molar-refractivity contribution in [1.29, 1.82) is 0 Å². The highest BCUT2D eigenvalue weighted by molar-refractivity contribution is 6.08. The molecule has 0 aliphatic heterocycles. The largest absolute Gasteiger partial charge is 0.443 e. The fourth-order valence-corrected chi connectivity index (χ4v) is 4.70. The zero-order valence-electron chi connectivity index (χ0n) is 26.9. The Bertz CT molecular complexity index is 1890. The SMILES string of the molecule is CC(C)(C)OC(=O)N(C(=O)OC(C)(C)C)c1nc2cc(-c3cncc(-c4cnn([C@H](c5ccc(F)cc5)C(C)(F)F)c4)c3)ccn2n1. The molecule has 0 unspecified atom stereocenters. The van der Waals surface area contributed by atoms with Crippen LogP contribution in [-0.2, 0) is 9.47 Å². The lowest BCUT2D eigenvalue weighted by atomic mass is 10.0. The first-order valence-electron chi connectivity index (χ1n) is 14.6. The first kappa shape index (κ1) is 33.1. The van der Waals surface area contributed by atoms with Gasteiger partial charge in [0, 0.05) is 48.4 Å². The number of imide groups is 1. The summed E-state index contributed by atoms with van der Waals surface area (Å²) in [6, 6.07) is 8.66. The molecular formula is C33H34F3N7O4. The summed E-state index contributed by atoms with van der Waals surface area (Å²) < 4.78 is 56.3. The van der Waals surface area contributed by atoms with E-state index in [0.717, 1.165) is 23.7 Å². The maximum atomic E-state index is 14.7. The van der Waals surface area contributed by atoms with Crippen molar-refractivity contribution in [1.82, 2.24) is 29.4 Å². The van der Waals surface area contributed by atoms with Gasteiger partial charge in [0.05, 0.1) is 6.20 Å². The number of carbonyl (C=O) groups is 2. The first-order chi connectivity index (χ1) is 21.9. The van der Waals surface area contributed by atoms with Crippen LogP contribution in [0.1, 0.15) is 60.1 Å². The normalized spacial score (nSPS) is 13.0. The lowest BCUT2D eigenvalue weighted by Crippen LogP contribution is -2.44. The van der Waals surface area contributed by atoms with Gasteiger partial charge in [0.1, 0.15) is 23.1 Å². The van der Waals surface area contributed by atoms with Crippen LogP contribution in [0, 0.1) is 5.82 Å². The molecule has 0 spiro atoms. The Kier molecular flexibility index (Phi) is 8.56. The number of pyridine rings is 2. The van der Waals surface area contributed by atoms with Crippen LogP contribution in [0.3, 0.4) is 0 Å². The van der Waals surface area contributed by atoms with E-state index in [-0.39, 0.29) is 11.5 Å². The molecule has 0 aliphatic rings. The standard InChI is InChI=1S/C33H34F3N7O4/c1-31(2,3)46-29(44)43(30(45)47-32(4,5)6)28-39-26-15-21(12-13-41(26)40-28)22-14-23(17-37-16-22)24-18-38-42(19-24)27(33(7,35)36)20-8-10-25(34)11-9-20/h8-19,27H,1-7H3/t27-/m1/s1. The lowest BCUT2D eigenvalue weighted by molar-refractivity contribution is -0.0217. The van der Waals surface area contributed by atoms with Crippen LogP contribution < -0.4 is 4.90 Å². The van der Waals surface area contributed by atoms with Crippen LogP contribution in [-0.4, -0.2) is 58.7 Å². The van der Waals surface area contributed by atoms with Gasteiger partial charge >= 0.3 is 12.2 Å². The predicted molar refractivity (Wildman–Crippen MR) is 168 cm³/mol. The highest BCUT2D eigenvalue weighted by Crippen LogP contribution is 2.36. The molecule has 14 heteroatoms. The quantitative estimate of drug-likeness (QED) is 0.184. The first-order valence-corrected chi connectivity index (χ1v) is 14.6. The summed E-state index contributed by atoms with van der Waals surface area (Å²) in [4.78, 5) is 35.5. The van der Waals surface area contributed by atoms with Gasteiger partial charge in [-0.25, -0.2) is 27.3 Å². The van der Waals surface area contributed by atoms with Crippen LogP contribution >= 0.6 is 0 Å². The molecular weight excluding hydrogens is 615 g/mol. The van der Waals surface area contributed by atoms with E-state index in [1.165, 1.54) is 29.0 Å². The van der Waals surface area contributed by atoms with Crippen molar-refractivity contribution >= 4 is 23.8 Å². The highest BCUT2D eigenvalue weighted by atomic mass is 19.3. The van der Waals surface area contributed by atoms with E-state index in [0.29, 0.717) is 32.8 Å². The number of halogens is 3. The van der Waals surface area contributed by atoms with Gasteiger partial charge in [-0.05, 0) is 83.0 Å². The minimum absolute atomic E-state index is 0.207. The van der Waals surface area contributed by atoms with Gasteiger partial charge in [0.15, 0.2) is 5.65 Å². The molecule has 0 bridgehead atoms. The third-order valence-corrected chi connectivity index (χ3v) is 6.62. The number of anilines is 1. The van der Waals surface area contributed by atoms with Crippen molar-refractivity contribution in [2.45, 2.75) is 71.6 Å². The number of carbonyl (C=O) groups excluding carboxylic acids is 2. The maximum Gasteiger partial charge on any atom is 0.427 e. The van der Waals surface area contributed by atoms with E-state index >= 15 is 0 Å². The minimum atomic E-state index is -3.20. The van der Waals surface area contributed by atoms with Crippen LogP contribution in [0.2, 0.25) is 0 Å². The van der Waals surface area contributed by atoms with Crippen molar-refractivity contribution in [3.05, 3.63) is 84.8 Å². The molecule has 2 amide bonds. The van der Waals surface area contributed by atoms with Crippen molar-refractivity contribution in [2.75, 3.05) is 4.90 Å². The Labute approximate surface area is 269 Å². The van der Waals surface area contributed by atoms with Gasteiger partial charge in [-0.3, -0.25) is 9.67 Å². The summed E-state index contributed by atoms with van der Waals surface area (Å²) >= 11 is 0. The van der Waals surface area contributed by atoms with E-state index < -0.39 is 41.2 Å². The molecule has 0 N–H and O–H groups in total. The van der Waals surface area contributed by atoms with Crippen molar-refractivity contribution in [3.8, 4) is 22.3 Å². The Morgan fingerprint density at radius 2 is 1.40 bits per heavy atom. The zero-order valence-corrected chi connectivity index (χ0v) is 26.9. The smallest absolute Gasteiger partial charge is 0.427 e. The van der Waals surface area contributed by atoms with Gasteiger partial charge in [0.2, 0.25) is 0 Å². The van der Waals surface area contributed by atoms with Crippen LogP contribution in [0.15, 0.2) is 73.4 Å². The van der Waals surface area contributed by atoms with Crippen LogP contribution in [0.5, 0.6) is 0 Å². The predicted octanol–water partition coefficient (Wildman–Crippen LogP) is 7.72. The maximum absolute atomic E-state index is 14.7. The molecule has 4 heterocycles. The number of alkyl halides is 2. The number of rotatable bonds is 6. The van der Waals surface area contributed by atoms with Gasteiger partial charge in [-0.15, -0.1) is 10.00 Å². The summed E-state index contributed by atoms with van der Waals surface area (Å²) in [5.41, 5.74) is 1.17. The Morgan fingerprint density at radius 1 is 0.809 bits per heavy atom. The number of benzene rings is 1. The summed E-state index contributed by atoms with van der Waals surface area (Å²) in [6.45, 7) is 10.8. The van der Waals surface area contributed by atoms with E-state index in [1.54, 1.807) is 72.3 Å². The molecule has 1 atom stereocenters. The minimum Gasteiger partial charge on any atom is -0.443 e. The van der Waals surface area contributed by atoms with Gasteiger partial charge in [0.25, 0.3) is 11.9 Å².